The Bertz CT molecular complexity index is 535. The molecule has 0 saturated heterocycles. The molecular weight excluding hydrogens is 256 g/mol. The van der Waals surface area contributed by atoms with E-state index in [0.29, 0.717) is 0 Å². The van der Waals surface area contributed by atoms with Gasteiger partial charge in [0.2, 0.25) is 5.91 Å². The normalized spacial score (nSPS) is 10.5. The molecule has 0 fully saturated rings. The van der Waals surface area contributed by atoms with Gasteiger partial charge in [-0.15, -0.1) is 11.3 Å². The number of benzene rings is 1. The Labute approximate surface area is 117 Å². The fourth-order valence-corrected chi connectivity index (χ4v) is 2.24. The third-order valence-electron chi connectivity index (χ3n) is 2.70. The quantitative estimate of drug-likeness (QED) is 0.866. The maximum atomic E-state index is 11.6. The molecule has 0 aliphatic heterocycles. The first kappa shape index (κ1) is 13.6. The average molecular weight is 274 g/mol. The number of hydrogen-bond donors (Lipinski definition) is 2. The fraction of sp³-hybridized carbons (Fsp3) is 0.267. The Morgan fingerprint density at radius 1 is 1.21 bits per heavy atom. The lowest BCUT2D eigenvalue weighted by atomic mass is 10.2. The summed E-state index contributed by atoms with van der Waals surface area (Å²) in [5.74, 6) is 0.0261. The van der Waals surface area contributed by atoms with Crippen LogP contribution < -0.4 is 10.6 Å². The van der Waals surface area contributed by atoms with Crippen molar-refractivity contribution in [2.24, 2.45) is 5.92 Å². The average Bonchev–Trinajstić information content (AvgIpc) is 2.90. The summed E-state index contributed by atoms with van der Waals surface area (Å²) < 4.78 is 0. The van der Waals surface area contributed by atoms with Gasteiger partial charge in [0.25, 0.3) is 0 Å². The largest absolute Gasteiger partial charge is 0.380 e. The molecule has 4 heteroatoms. The lowest BCUT2D eigenvalue weighted by Gasteiger charge is -2.10. The highest BCUT2D eigenvalue weighted by molar-refractivity contribution is 7.09. The third-order valence-corrected chi connectivity index (χ3v) is 3.58. The Kier molecular flexibility index (Phi) is 4.58. The molecule has 0 radical (unpaired) electrons. The van der Waals surface area contributed by atoms with Gasteiger partial charge in [-0.1, -0.05) is 26.0 Å². The van der Waals surface area contributed by atoms with Crippen LogP contribution >= 0.6 is 11.3 Å². The zero-order chi connectivity index (χ0) is 13.7. The van der Waals surface area contributed by atoms with Crippen LogP contribution in [0.4, 0.5) is 11.4 Å². The van der Waals surface area contributed by atoms with Crippen molar-refractivity contribution >= 4 is 28.6 Å². The molecular formula is C15H18N2OS. The lowest BCUT2D eigenvalue weighted by Crippen LogP contribution is -2.17. The first-order valence-electron chi connectivity index (χ1n) is 6.32. The van der Waals surface area contributed by atoms with Crippen LogP contribution in [-0.4, -0.2) is 5.91 Å². The highest BCUT2D eigenvalue weighted by Crippen LogP contribution is 2.18. The summed E-state index contributed by atoms with van der Waals surface area (Å²) >= 11 is 1.73. The Morgan fingerprint density at radius 3 is 2.68 bits per heavy atom. The molecule has 0 saturated carbocycles. The topological polar surface area (TPSA) is 41.1 Å². The first-order valence-corrected chi connectivity index (χ1v) is 7.20. The van der Waals surface area contributed by atoms with Gasteiger partial charge in [-0.05, 0) is 29.6 Å². The van der Waals surface area contributed by atoms with Gasteiger partial charge in [0, 0.05) is 28.7 Å². The van der Waals surface area contributed by atoms with E-state index in [-0.39, 0.29) is 11.8 Å². The van der Waals surface area contributed by atoms with Crippen LogP contribution in [-0.2, 0) is 11.3 Å². The summed E-state index contributed by atoms with van der Waals surface area (Å²) in [7, 11) is 0. The first-order chi connectivity index (χ1) is 9.15. The number of carbonyl (C=O) groups excluding carboxylic acids is 1. The Morgan fingerprint density at radius 2 is 2.00 bits per heavy atom. The molecule has 1 amide bonds. The van der Waals surface area contributed by atoms with Crippen molar-refractivity contribution in [3.63, 3.8) is 0 Å². The molecule has 1 heterocycles. The van der Waals surface area contributed by atoms with Crippen LogP contribution in [0.2, 0.25) is 0 Å². The number of amides is 1. The fourth-order valence-electron chi connectivity index (χ4n) is 1.60. The SMILES string of the molecule is CC(C)C(=O)Nc1cccc(NCc2cccs2)c1. The molecule has 0 spiro atoms. The minimum Gasteiger partial charge on any atom is -0.380 e. The molecule has 2 aromatic rings. The van der Waals surface area contributed by atoms with Crippen molar-refractivity contribution in [1.82, 2.24) is 0 Å². The zero-order valence-electron chi connectivity index (χ0n) is 11.1. The molecule has 3 nitrogen and oxygen atoms in total. The van der Waals surface area contributed by atoms with Gasteiger partial charge < -0.3 is 10.6 Å². The number of rotatable bonds is 5. The van der Waals surface area contributed by atoms with E-state index in [0.717, 1.165) is 17.9 Å². The molecule has 0 aliphatic carbocycles. The summed E-state index contributed by atoms with van der Waals surface area (Å²) in [5.41, 5.74) is 1.84. The maximum absolute atomic E-state index is 11.6. The smallest absolute Gasteiger partial charge is 0.226 e. The van der Waals surface area contributed by atoms with Crippen molar-refractivity contribution < 1.29 is 4.79 Å². The van der Waals surface area contributed by atoms with Gasteiger partial charge in [-0.2, -0.15) is 0 Å². The predicted octanol–water partition coefficient (Wildman–Crippen LogP) is 3.95. The molecule has 100 valence electrons. The van der Waals surface area contributed by atoms with Crippen LogP contribution in [0.5, 0.6) is 0 Å². The second kappa shape index (κ2) is 6.38. The zero-order valence-corrected chi connectivity index (χ0v) is 12.0. The summed E-state index contributed by atoms with van der Waals surface area (Å²) in [4.78, 5) is 12.9. The number of carbonyl (C=O) groups is 1. The van der Waals surface area contributed by atoms with Gasteiger partial charge in [0.05, 0.1) is 0 Å². The lowest BCUT2D eigenvalue weighted by molar-refractivity contribution is -0.118. The summed E-state index contributed by atoms with van der Waals surface area (Å²) in [6.45, 7) is 4.57. The monoisotopic (exact) mass is 274 g/mol. The highest BCUT2D eigenvalue weighted by Gasteiger charge is 2.07. The molecule has 0 aliphatic rings. The molecule has 0 bridgehead atoms. The third kappa shape index (κ3) is 4.10. The van der Waals surface area contributed by atoms with E-state index in [1.165, 1.54) is 4.88 Å². The highest BCUT2D eigenvalue weighted by atomic mass is 32.1. The molecule has 0 unspecified atom stereocenters. The van der Waals surface area contributed by atoms with Crippen LogP contribution in [0.3, 0.4) is 0 Å². The van der Waals surface area contributed by atoms with Crippen LogP contribution in [0.1, 0.15) is 18.7 Å². The van der Waals surface area contributed by atoms with E-state index < -0.39 is 0 Å². The number of anilines is 2. The van der Waals surface area contributed by atoms with Crippen molar-refractivity contribution in [2.75, 3.05) is 10.6 Å². The number of nitrogens with one attached hydrogen (secondary N) is 2. The molecule has 19 heavy (non-hydrogen) atoms. The van der Waals surface area contributed by atoms with E-state index in [2.05, 4.69) is 22.1 Å². The van der Waals surface area contributed by atoms with E-state index in [4.69, 9.17) is 0 Å². The van der Waals surface area contributed by atoms with Crippen molar-refractivity contribution in [3.8, 4) is 0 Å². The van der Waals surface area contributed by atoms with E-state index in [1.54, 1.807) is 11.3 Å². The van der Waals surface area contributed by atoms with E-state index >= 15 is 0 Å². The summed E-state index contributed by atoms with van der Waals surface area (Å²) in [5, 5.41) is 8.31. The van der Waals surface area contributed by atoms with Crippen LogP contribution in [0.25, 0.3) is 0 Å². The molecule has 1 aromatic heterocycles. The second-order valence-electron chi connectivity index (χ2n) is 4.66. The van der Waals surface area contributed by atoms with Crippen molar-refractivity contribution in [3.05, 3.63) is 46.7 Å². The Balaban J connectivity index is 1.97. The van der Waals surface area contributed by atoms with Gasteiger partial charge in [0.1, 0.15) is 0 Å². The maximum Gasteiger partial charge on any atom is 0.226 e. The molecule has 0 atom stereocenters. The minimum absolute atomic E-state index is 0.0114. The van der Waals surface area contributed by atoms with Crippen molar-refractivity contribution in [1.29, 1.82) is 0 Å². The van der Waals surface area contributed by atoms with Gasteiger partial charge in [-0.3, -0.25) is 4.79 Å². The van der Waals surface area contributed by atoms with Gasteiger partial charge in [0.15, 0.2) is 0 Å². The summed E-state index contributed by atoms with van der Waals surface area (Å²) in [6, 6.07) is 11.9. The molecule has 2 N–H and O–H groups in total. The second-order valence-corrected chi connectivity index (χ2v) is 5.69. The van der Waals surface area contributed by atoms with Crippen molar-refractivity contribution in [2.45, 2.75) is 20.4 Å². The van der Waals surface area contributed by atoms with Gasteiger partial charge in [-0.25, -0.2) is 0 Å². The van der Waals surface area contributed by atoms with Gasteiger partial charge >= 0.3 is 0 Å². The molecule has 1 aromatic carbocycles. The van der Waals surface area contributed by atoms with E-state index in [1.807, 2.05) is 44.2 Å². The Hall–Kier alpha value is -1.81. The molecule has 2 rings (SSSR count). The van der Waals surface area contributed by atoms with E-state index in [9.17, 15) is 4.79 Å². The number of thiophene rings is 1. The number of hydrogen-bond acceptors (Lipinski definition) is 3. The van der Waals surface area contributed by atoms with Crippen LogP contribution in [0, 0.1) is 5.92 Å². The van der Waals surface area contributed by atoms with Crippen LogP contribution in [0.15, 0.2) is 41.8 Å². The summed E-state index contributed by atoms with van der Waals surface area (Å²) in [6.07, 6.45) is 0. The predicted molar refractivity (Wildman–Crippen MR) is 81.6 cm³/mol. The minimum atomic E-state index is -0.0114. The standard InChI is InChI=1S/C15H18N2OS/c1-11(2)15(18)17-13-6-3-5-12(9-13)16-10-14-7-4-8-19-14/h3-9,11,16H,10H2,1-2H3,(H,17,18).